The van der Waals surface area contributed by atoms with Gasteiger partial charge in [0.15, 0.2) is 0 Å². The van der Waals surface area contributed by atoms with Crippen LogP contribution in [0, 0.1) is 0 Å². The normalized spacial score (nSPS) is 27.4. The van der Waals surface area contributed by atoms with E-state index < -0.39 is 0 Å². The van der Waals surface area contributed by atoms with Crippen LogP contribution in [0.1, 0.15) is 44.1 Å². The lowest BCUT2D eigenvalue weighted by molar-refractivity contribution is -0.167. The molecular formula is C19H26O4. The number of ketones is 1. The first-order valence-electron chi connectivity index (χ1n) is 8.71. The Bertz CT molecular complexity index is 487. The molecule has 1 aromatic carbocycles. The lowest BCUT2D eigenvalue weighted by Gasteiger charge is -2.39. The van der Waals surface area contributed by atoms with E-state index in [1.165, 1.54) is 0 Å². The number of fused-ring (bicyclic) bond motifs is 1. The van der Waals surface area contributed by atoms with Crippen LogP contribution in [0.4, 0.5) is 0 Å². The number of carbonyl (C=O) groups is 1. The van der Waals surface area contributed by atoms with Gasteiger partial charge >= 0.3 is 0 Å². The average Bonchev–Trinajstić information content (AvgIpc) is 2.59. The SMILES string of the molecule is O=C(CCOCc1ccccc1)C[C@@H]1CC[C@H]2OCCC[C@@H]2O1. The third-order valence-corrected chi connectivity index (χ3v) is 4.61. The molecule has 2 aliphatic rings. The third-order valence-electron chi connectivity index (χ3n) is 4.61. The molecule has 2 heterocycles. The van der Waals surface area contributed by atoms with Crippen LogP contribution in [0.2, 0.25) is 0 Å². The van der Waals surface area contributed by atoms with Crippen LogP contribution in [0.5, 0.6) is 0 Å². The number of hydrogen-bond donors (Lipinski definition) is 0. The molecule has 2 aliphatic heterocycles. The van der Waals surface area contributed by atoms with Crippen molar-refractivity contribution >= 4 is 5.78 Å². The number of carbonyl (C=O) groups excluding carboxylic acids is 1. The molecule has 3 atom stereocenters. The van der Waals surface area contributed by atoms with Crippen LogP contribution in [0.15, 0.2) is 30.3 Å². The zero-order valence-electron chi connectivity index (χ0n) is 13.6. The van der Waals surface area contributed by atoms with Gasteiger partial charge in [0, 0.05) is 19.4 Å². The molecule has 126 valence electrons. The van der Waals surface area contributed by atoms with Crippen molar-refractivity contribution in [1.29, 1.82) is 0 Å². The summed E-state index contributed by atoms with van der Waals surface area (Å²) >= 11 is 0. The molecule has 0 aliphatic carbocycles. The molecular weight excluding hydrogens is 292 g/mol. The monoisotopic (exact) mass is 318 g/mol. The Kier molecular flexibility index (Phi) is 6.20. The van der Waals surface area contributed by atoms with Crippen LogP contribution >= 0.6 is 0 Å². The van der Waals surface area contributed by atoms with E-state index in [1.54, 1.807) is 0 Å². The summed E-state index contributed by atoms with van der Waals surface area (Å²) in [5.41, 5.74) is 1.14. The van der Waals surface area contributed by atoms with Crippen molar-refractivity contribution in [2.45, 2.75) is 63.4 Å². The van der Waals surface area contributed by atoms with E-state index in [0.29, 0.717) is 26.1 Å². The topological polar surface area (TPSA) is 44.8 Å². The second kappa shape index (κ2) is 8.57. The fourth-order valence-electron chi connectivity index (χ4n) is 3.36. The molecule has 0 spiro atoms. The summed E-state index contributed by atoms with van der Waals surface area (Å²) in [7, 11) is 0. The van der Waals surface area contributed by atoms with Crippen molar-refractivity contribution in [2.24, 2.45) is 0 Å². The Balaban J connectivity index is 1.32. The number of benzene rings is 1. The number of ether oxygens (including phenoxy) is 3. The molecule has 0 radical (unpaired) electrons. The first-order chi connectivity index (χ1) is 11.3. The molecule has 0 bridgehead atoms. The van der Waals surface area contributed by atoms with Crippen LogP contribution in [0.3, 0.4) is 0 Å². The van der Waals surface area contributed by atoms with Crippen molar-refractivity contribution in [3.05, 3.63) is 35.9 Å². The van der Waals surface area contributed by atoms with Crippen LogP contribution in [-0.2, 0) is 25.6 Å². The van der Waals surface area contributed by atoms with Crippen LogP contribution in [-0.4, -0.2) is 37.3 Å². The van der Waals surface area contributed by atoms with Gasteiger partial charge in [-0.1, -0.05) is 30.3 Å². The van der Waals surface area contributed by atoms with E-state index in [4.69, 9.17) is 14.2 Å². The molecule has 2 fully saturated rings. The van der Waals surface area contributed by atoms with E-state index in [9.17, 15) is 4.79 Å². The first-order valence-corrected chi connectivity index (χ1v) is 8.71. The summed E-state index contributed by atoms with van der Waals surface area (Å²) in [6, 6.07) is 10.0. The van der Waals surface area contributed by atoms with E-state index in [1.807, 2.05) is 30.3 Å². The minimum Gasteiger partial charge on any atom is -0.376 e. The fraction of sp³-hybridized carbons (Fsp3) is 0.632. The minimum absolute atomic E-state index is 0.0690. The maximum Gasteiger partial charge on any atom is 0.137 e. The van der Waals surface area contributed by atoms with E-state index >= 15 is 0 Å². The summed E-state index contributed by atoms with van der Waals surface area (Å²) < 4.78 is 17.4. The first kappa shape index (κ1) is 16.6. The predicted octanol–water partition coefficient (Wildman–Crippen LogP) is 3.28. The highest BCUT2D eigenvalue weighted by Gasteiger charge is 2.34. The van der Waals surface area contributed by atoms with Crippen molar-refractivity contribution in [1.82, 2.24) is 0 Å². The molecule has 0 aromatic heterocycles. The van der Waals surface area contributed by atoms with Crippen molar-refractivity contribution in [3.63, 3.8) is 0 Å². The van der Waals surface area contributed by atoms with Gasteiger partial charge in [0.05, 0.1) is 31.5 Å². The summed E-state index contributed by atoms with van der Waals surface area (Å²) in [6.07, 6.45) is 5.58. The number of hydrogen-bond acceptors (Lipinski definition) is 4. The fourth-order valence-corrected chi connectivity index (χ4v) is 3.36. The Labute approximate surface area is 138 Å². The highest BCUT2D eigenvalue weighted by Crippen LogP contribution is 2.29. The molecule has 2 saturated heterocycles. The highest BCUT2D eigenvalue weighted by molar-refractivity contribution is 5.79. The molecule has 0 N–H and O–H groups in total. The number of Topliss-reactive ketones (excluding diaryl/α,β-unsaturated/α-hetero) is 1. The van der Waals surface area contributed by atoms with Gasteiger partial charge in [0.1, 0.15) is 5.78 Å². The predicted molar refractivity (Wildman–Crippen MR) is 87.2 cm³/mol. The third kappa shape index (κ3) is 5.13. The molecule has 23 heavy (non-hydrogen) atoms. The summed E-state index contributed by atoms with van der Waals surface area (Å²) in [4.78, 5) is 12.1. The Morgan fingerprint density at radius 3 is 2.87 bits per heavy atom. The van der Waals surface area contributed by atoms with Gasteiger partial charge in [0.2, 0.25) is 0 Å². The van der Waals surface area contributed by atoms with Gasteiger partial charge in [-0.15, -0.1) is 0 Å². The molecule has 1 aromatic rings. The highest BCUT2D eigenvalue weighted by atomic mass is 16.6. The molecule has 0 unspecified atom stereocenters. The van der Waals surface area contributed by atoms with Gasteiger partial charge in [-0.2, -0.15) is 0 Å². The summed E-state index contributed by atoms with van der Waals surface area (Å²) in [5, 5.41) is 0. The zero-order valence-corrected chi connectivity index (χ0v) is 13.6. The molecule has 0 amide bonds. The zero-order chi connectivity index (χ0) is 15.9. The smallest absolute Gasteiger partial charge is 0.137 e. The van der Waals surface area contributed by atoms with Gasteiger partial charge in [-0.3, -0.25) is 4.79 Å². The van der Waals surface area contributed by atoms with E-state index in [-0.39, 0.29) is 24.1 Å². The number of rotatable bonds is 7. The maximum absolute atomic E-state index is 12.1. The summed E-state index contributed by atoms with van der Waals surface area (Å²) in [6.45, 7) is 1.90. The molecule has 3 rings (SSSR count). The van der Waals surface area contributed by atoms with Crippen LogP contribution in [0.25, 0.3) is 0 Å². The van der Waals surface area contributed by atoms with E-state index in [2.05, 4.69) is 0 Å². The average molecular weight is 318 g/mol. The van der Waals surface area contributed by atoms with Gasteiger partial charge in [-0.25, -0.2) is 0 Å². The maximum atomic E-state index is 12.1. The Morgan fingerprint density at radius 2 is 2.00 bits per heavy atom. The summed E-state index contributed by atoms with van der Waals surface area (Å²) in [5.74, 6) is 0.234. The molecule has 0 saturated carbocycles. The Morgan fingerprint density at radius 1 is 1.13 bits per heavy atom. The van der Waals surface area contributed by atoms with Crippen LogP contribution < -0.4 is 0 Å². The second-order valence-corrected chi connectivity index (χ2v) is 6.46. The molecule has 4 heteroatoms. The van der Waals surface area contributed by atoms with Gasteiger partial charge in [-0.05, 0) is 31.2 Å². The second-order valence-electron chi connectivity index (χ2n) is 6.46. The largest absolute Gasteiger partial charge is 0.376 e. The van der Waals surface area contributed by atoms with Gasteiger partial charge < -0.3 is 14.2 Å². The molecule has 4 nitrogen and oxygen atoms in total. The van der Waals surface area contributed by atoms with Crippen molar-refractivity contribution in [3.8, 4) is 0 Å². The van der Waals surface area contributed by atoms with Crippen molar-refractivity contribution < 1.29 is 19.0 Å². The Hall–Kier alpha value is -1.23. The lowest BCUT2D eigenvalue weighted by atomic mass is 9.93. The minimum atomic E-state index is 0.0690. The van der Waals surface area contributed by atoms with Crippen molar-refractivity contribution in [2.75, 3.05) is 13.2 Å². The lowest BCUT2D eigenvalue weighted by Crippen LogP contribution is -2.43. The van der Waals surface area contributed by atoms with E-state index in [0.717, 1.165) is 37.9 Å². The quantitative estimate of drug-likeness (QED) is 0.724. The van der Waals surface area contributed by atoms with Gasteiger partial charge in [0.25, 0.3) is 0 Å². The standard InChI is InChI=1S/C19H26O4/c20-16(10-12-21-14-15-5-2-1-3-6-15)13-17-8-9-18-19(23-17)7-4-11-22-18/h1-3,5-6,17-19H,4,7-14H2/t17-,18+,19-/m0/s1.